The van der Waals surface area contributed by atoms with Crippen LogP contribution in [0.25, 0.3) is 0 Å². The molecule has 1 aromatic carbocycles. The lowest BCUT2D eigenvalue weighted by Crippen LogP contribution is -2.25. The molecule has 2 heterocycles. The molecule has 0 aliphatic rings. The predicted molar refractivity (Wildman–Crippen MR) is 97.0 cm³/mol. The molecular weight excluding hydrogens is 332 g/mol. The molecule has 0 saturated heterocycles. The molecule has 2 amide bonds. The summed E-state index contributed by atoms with van der Waals surface area (Å²) < 4.78 is 6.68. The van der Waals surface area contributed by atoms with E-state index in [1.807, 2.05) is 26.0 Å². The third-order valence-corrected chi connectivity index (χ3v) is 3.92. The van der Waals surface area contributed by atoms with E-state index < -0.39 is 5.91 Å². The van der Waals surface area contributed by atoms with Crippen LogP contribution < -0.4 is 10.6 Å². The van der Waals surface area contributed by atoms with Crippen LogP contribution in [0.2, 0.25) is 0 Å². The van der Waals surface area contributed by atoms with Crippen molar-refractivity contribution in [3.05, 3.63) is 70.9 Å². The van der Waals surface area contributed by atoms with Gasteiger partial charge in [-0.2, -0.15) is 5.10 Å². The zero-order valence-corrected chi connectivity index (χ0v) is 14.9. The number of anilines is 1. The number of benzene rings is 1. The smallest absolute Gasteiger partial charge is 0.274 e. The lowest BCUT2D eigenvalue weighted by atomic mass is 10.1. The van der Waals surface area contributed by atoms with Crippen molar-refractivity contribution in [3.8, 4) is 0 Å². The van der Waals surface area contributed by atoms with E-state index in [0.717, 1.165) is 11.1 Å². The molecule has 2 N–H and O–H groups in total. The highest BCUT2D eigenvalue weighted by Crippen LogP contribution is 2.17. The Bertz CT molecular complexity index is 942. The molecule has 2 aromatic heterocycles. The van der Waals surface area contributed by atoms with Gasteiger partial charge in [0.25, 0.3) is 11.8 Å². The lowest BCUT2D eigenvalue weighted by molar-refractivity contribution is 0.0943. The van der Waals surface area contributed by atoms with Gasteiger partial charge in [0.1, 0.15) is 5.76 Å². The minimum atomic E-state index is -0.391. The highest BCUT2D eigenvalue weighted by molar-refractivity contribution is 6.08. The molecule has 26 heavy (non-hydrogen) atoms. The zero-order valence-electron chi connectivity index (χ0n) is 14.9. The second-order valence-electron chi connectivity index (χ2n) is 6.10. The summed E-state index contributed by atoms with van der Waals surface area (Å²) in [5, 5.41) is 9.66. The molecule has 0 aliphatic carbocycles. The quantitative estimate of drug-likeness (QED) is 0.739. The highest BCUT2D eigenvalue weighted by Gasteiger charge is 2.19. The Balaban J connectivity index is 1.76. The van der Waals surface area contributed by atoms with Crippen molar-refractivity contribution >= 4 is 17.5 Å². The molecule has 7 nitrogen and oxygen atoms in total. The highest BCUT2D eigenvalue weighted by atomic mass is 16.3. The summed E-state index contributed by atoms with van der Waals surface area (Å²) in [6.45, 7) is 4.09. The molecule has 7 heteroatoms. The number of rotatable bonds is 5. The largest absolute Gasteiger partial charge is 0.467 e. The number of carbonyl (C=O) groups excluding carboxylic acids is 2. The summed E-state index contributed by atoms with van der Waals surface area (Å²) in [5.74, 6) is -0.0383. The van der Waals surface area contributed by atoms with Gasteiger partial charge in [-0.1, -0.05) is 17.7 Å². The minimum Gasteiger partial charge on any atom is -0.467 e. The van der Waals surface area contributed by atoms with Gasteiger partial charge in [-0.25, -0.2) is 0 Å². The Labute approximate surface area is 151 Å². The molecule has 0 bridgehead atoms. The summed E-state index contributed by atoms with van der Waals surface area (Å²) >= 11 is 0. The van der Waals surface area contributed by atoms with E-state index in [1.54, 1.807) is 31.4 Å². The fourth-order valence-electron chi connectivity index (χ4n) is 2.67. The Morgan fingerprint density at radius 2 is 2.00 bits per heavy atom. The van der Waals surface area contributed by atoms with Crippen LogP contribution in [0.4, 0.5) is 5.69 Å². The van der Waals surface area contributed by atoms with Gasteiger partial charge >= 0.3 is 0 Å². The fraction of sp³-hybridized carbons (Fsp3) is 0.211. The third-order valence-electron chi connectivity index (χ3n) is 3.92. The van der Waals surface area contributed by atoms with E-state index in [2.05, 4.69) is 15.7 Å². The average molecular weight is 352 g/mol. The third kappa shape index (κ3) is 3.83. The number of aryl methyl sites for hydroxylation is 3. The molecule has 0 fully saturated rings. The first-order valence-electron chi connectivity index (χ1n) is 8.17. The second-order valence-corrected chi connectivity index (χ2v) is 6.10. The topological polar surface area (TPSA) is 89.2 Å². The van der Waals surface area contributed by atoms with Crippen LogP contribution in [0.15, 0.2) is 47.2 Å². The van der Waals surface area contributed by atoms with E-state index in [4.69, 9.17) is 4.42 Å². The van der Waals surface area contributed by atoms with Crippen molar-refractivity contribution in [1.29, 1.82) is 0 Å². The average Bonchev–Trinajstić information content (AvgIpc) is 3.22. The number of nitrogens with one attached hydrogen (secondary N) is 2. The molecule has 0 spiro atoms. The van der Waals surface area contributed by atoms with Crippen molar-refractivity contribution in [1.82, 2.24) is 15.1 Å². The van der Waals surface area contributed by atoms with Gasteiger partial charge in [-0.3, -0.25) is 14.3 Å². The molecular formula is C19H20N4O3. The minimum absolute atomic E-state index is 0.150. The first-order valence-corrected chi connectivity index (χ1v) is 8.17. The summed E-state index contributed by atoms with van der Waals surface area (Å²) in [6, 6.07) is 9.10. The first kappa shape index (κ1) is 17.5. The first-order chi connectivity index (χ1) is 12.4. The summed E-state index contributed by atoms with van der Waals surface area (Å²) in [5.41, 5.74) is 3.02. The molecule has 3 aromatic rings. The summed E-state index contributed by atoms with van der Waals surface area (Å²) in [6.07, 6.45) is 3.14. The van der Waals surface area contributed by atoms with Crippen LogP contribution in [0.1, 0.15) is 37.7 Å². The van der Waals surface area contributed by atoms with Crippen molar-refractivity contribution in [2.75, 3.05) is 5.32 Å². The van der Waals surface area contributed by atoms with E-state index in [9.17, 15) is 9.59 Å². The summed E-state index contributed by atoms with van der Waals surface area (Å²) in [7, 11) is 1.69. The molecule has 0 aliphatic heterocycles. The van der Waals surface area contributed by atoms with Crippen molar-refractivity contribution in [3.63, 3.8) is 0 Å². The monoisotopic (exact) mass is 352 g/mol. The van der Waals surface area contributed by atoms with Crippen molar-refractivity contribution in [2.24, 2.45) is 7.05 Å². The number of hydrogen-bond donors (Lipinski definition) is 2. The Kier molecular flexibility index (Phi) is 4.88. The van der Waals surface area contributed by atoms with Gasteiger partial charge in [-0.15, -0.1) is 0 Å². The summed E-state index contributed by atoms with van der Waals surface area (Å²) in [4.78, 5) is 25.0. The van der Waals surface area contributed by atoms with E-state index in [0.29, 0.717) is 17.0 Å². The van der Waals surface area contributed by atoms with Gasteiger partial charge in [-0.05, 0) is 37.6 Å². The number of aromatic nitrogens is 2. The van der Waals surface area contributed by atoms with Crippen LogP contribution in [0, 0.1) is 13.8 Å². The van der Waals surface area contributed by atoms with Crippen molar-refractivity contribution in [2.45, 2.75) is 20.4 Å². The maximum atomic E-state index is 12.6. The molecule has 0 saturated carbocycles. The molecule has 0 atom stereocenters. The van der Waals surface area contributed by atoms with Gasteiger partial charge in [0.05, 0.1) is 18.5 Å². The molecule has 0 unspecified atom stereocenters. The number of nitrogens with zero attached hydrogens (tertiary/aromatic N) is 2. The van der Waals surface area contributed by atoms with Crippen LogP contribution in [-0.4, -0.2) is 21.6 Å². The maximum Gasteiger partial charge on any atom is 0.274 e. The number of amides is 2. The van der Waals surface area contributed by atoms with Crippen LogP contribution in [0.3, 0.4) is 0 Å². The Hall–Kier alpha value is -3.35. The molecule has 0 radical (unpaired) electrons. The standard InChI is InChI=1S/C19H20N4O3/c1-12-6-7-15(13(2)9-12)18(24)21-16-11-23(3)22-17(16)19(25)20-10-14-5-4-8-26-14/h4-9,11H,10H2,1-3H3,(H,20,25)(H,21,24). The molecule has 3 rings (SSSR count). The van der Waals surface area contributed by atoms with Gasteiger partial charge in [0, 0.05) is 18.8 Å². The molecule has 134 valence electrons. The van der Waals surface area contributed by atoms with E-state index in [1.165, 1.54) is 10.9 Å². The second kappa shape index (κ2) is 7.26. The van der Waals surface area contributed by atoms with Gasteiger partial charge < -0.3 is 15.1 Å². The number of hydrogen-bond acceptors (Lipinski definition) is 4. The maximum absolute atomic E-state index is 12.6. The fourth-order valence-corrected chi connectivity index (χ4v) is 2.67. The van der Waals surface area contributed by atoms with E-state index >= 15 is 0 Å². The zero-order chi connectivity index (χ0) is 18.7. The van der Waals surface area contributed by atoms with Crippen LogP contribution in [0.5, 0.6) is 0 Å². The van der Waals surface area contributed by atoms with Crippen LogP contribution >= 0.6 is 0 Å². The Morgan fingerprint density at radius 1 is 1.19 bits per heavy atom. The SMILES string of the molecule is Cc1ccc(C(=O)Nc2cn(C)nc2C(=O)NCc2ccco2)c(C)c1. The van der Waals surface area contributed by atoms with Crippen molar-refractivity contribution < 1.29 is 14.0 Å². The van der Waals surface area contributed by atoms with Gasteiger partial charge in [0.2, 0.25) is 0 Å². The Morgan fingerprint density at radius 3 is 2.69 bits per heavy atom. The number of carbonyl (C=O) groups is 2. The number of furan rings is 1. The lowest BCUT2D eigenvalue weighted by Gasteiger charge is -2.08. The van der Waals surface area contributed by atoms with Gasteiger partial charge in [0.15, 0.2) is 5.69 Å². The normalized spacial score (nSPS) is 10.6. The van der Waals surface area contributed by atoms with Crippen LogP contribution in [-0.2, 0) is 13.6 Å². The van der Waals surface area contributed by atoms with E-state index in [-0.39, 0.29) is 18.1 Å². The predicted octanol–water partition coefficient (Wildman–Crippen LogP) is 2.81.